The van der Waals surface area contributed by atoms with Crippen LogP contribution in [0.3, 0.4) is 0 Å². The Kier molecular flexibility index (Phi) is 3.48. The Balaban J connectivity index is 2.69. The predicted octanol–water partition coefficient (Wildman–Crippen LogP) is 0.355. The summed E-state index contributed by atoms with van der Waals surface area (Å²) in [4.78, 5) is 13.4. The maximum atomic E-state index is 11.7. The number of nitrogens with zero attached hydrogens (tertiary/aromatic N) is 2. The van der Waals surface area contributed by atoms with E-state index in [4.69, 9.17) is 5.26 Å². The summed E-state index contributed by atoms with van der Waals surface area (Å²) in [6, 6.07) is 2.20. The highest BCUT2D eigenvalue weighted by molar-refractivity contribution is 5.79. The molecule has 1 aliphatic heterocycles. The fourth-order valence-electron chi connectivity index (χ4n) is 1.74. The van der Waals surface area contributed by atoms with Crippen LogP contribution in [0.15, 0.2) is 0 Å². The van der Waals surface area contributed by atoms with E-state index in [1.54, 1.807) is 4.90 Å². The molecule has 0 aliphatic carbocycles. The molecule has 1 heterocycles. The lowest BCUT2D eigenvalue weighted by Crippen LogP contribution is -2.38. The molecule has 1 amide bonds. The van der Waals surface area contributed by atoms with Gasteiger partial charge in [-0.05, 0) is 13.5 Å². The van der Waals surface area contributed by atoms with Crippen LogP contribution in [0.5, 0.6) is 0 Å². The highest BCUT2D eigenvalue weighted by atomic mass is 16.2. The highest BCUT2D eigenvalue weighted by Gasteiger charge is 2.35. The van der Waals surface area contributed by atoms with E-state index in [2.05, 4.69) is 11.4 Å². The van der Waals surface area contributed by atoms with Crippen molar-refractivity contribution in [2.45, 2.75) is 32.4 Å². The van der Waals surface area contributed by atoms with Crippen molar-refractivity contribution in [1.29, 1.82) is 5.26 Å². The number of nitriles is 1. The van der Waals surface area contributed by atoms with E-state index >= 15 is 0 Å². The maximum Gasteiger partial charge on any atom is 0.226 e. The van der Waals surface area contributed by atoms with Gasteiger partial charge in [-0.25, -0.2) is 0 Å². The predicted molar refractivity (Wildman–Crippen MR) is 53.4 cm³/mol. The van der Waals surface area contributed by atoms with Gasteiger partial charge in [0.15, 0.2) is 0 Å². The van der Waals surface area contributed by atoms with E-state index in [-0.39, 0.29) is 23.9 Å². The lowest BCUT2D eigenvalue weighted by Gasteiger charge is -2.21. The van der Waals surface area contributed by atoms with Gasteiger partial charge in [0.05, 0.1) is 6.07 Å². The first-order valence-corrected chi connectivity index (χ1v) is 4.97. The summed E-state index contributed by atoms with van der Waals surface area (Å²) in [5, 5.41) is 12.0. The van der Waals surface area contributed by atoms with Crippen molar-refractivity contribution in [3.8, 4) is 6.07 Å². The van der Waals surface area contributed by atoms with E-state index in [9.17, 15) is 4.79 Å². The van der Waals surface area contributed by atoms with Gasteiger partial charge in [-0.3, -0.25) is 4.79 Å². The molecule has 0 saturated carbocycles. The third-order valence-electron chi connectivity index (χ3n) is 2.64. The van der Waals surface area contributed by atoms with Crippen LogP contribution in [0.25, 0.3) is 0 Å². The monoisotopic (exact) mass is 195 g/mol. The normalized spacial score (nSPS) is 26.6. The number of carbonyl (C=O) groups excluding carboxylic acids is 1. The third-order valence-corrected chi connectivity index (χ3v) is 2.64. The highest BCUT2D eigenvalue weighted by Crippen LogP contribution is 2.19. The Morgan fingerprint density at radius 3 is 2.71 bits per heavy atom. The summed E-state index contributed by atoms with van der Waals surface area (Å²) in [7, 11) is 1.86. The molecule has 4 nitrogen and oxygen atoms in total. The summed E-state index contributed by atoms with van der Waals surface area (Å²) in [5.41, 5.74) is 0. The molecule has 1 fully saturated rings. The maximum absolute atomic E-state index is 11.7. The zero-order valence-corrected chi connectivity index (χ0v) is 8.95. The molecule has 1 saturated heterocycles. The Hall–Kier alpha value is -1.08. The van der Waals surface area contributed by atoms with Crippen LogP contribution in [0.1, 0.15) is 20.3 Å². The Morgan fingerprint density at radius 1 is 1.64 bits per heavy atom. The zero-order chi connectivity index (χ0) is 10.7. The molecule has 78 valence electrons. The summed E-state index contributed by atoms with van der Waals surface area (Å²) in [6.45, 7) is 4.39. The Morgan fingerprint density at radius 2 is 2.29 bits per heavy atom. The molecular formula is C10H17N3O. The minimum absolute atomic E-state index is 0.0264. The van der Waals surface area contributed by atoms with Crippen LogP contribution in [0.4, 0.5) is 0 Å². The topological polar surface area (TPSA) is 56.1 Å². The van der Waals surface area contributed by atoms with Crippen molar-refractivity contribution < 1.29 is 4.79 Å². The fraction of sp³-hybridized carbons (Fsp3) is 0.800. The van der Waals surface area contributed by atoms with Gasteiger partial charge in [0.2, 0.25) is 5.91 Å². The first-order chi connectivity index (χ1) is 6.60. The van der Waals surface area contributed by atoms with Crippen LogP contribution in [0.2, 0.25) is 0 Å². The number of amides is 1. The van der Waals surface area contributed by atoms with Crippen LogP contribution >= 0.6 is 0 Å². The Labute approximate surface area is 84.9 Å². The molecule has 1 aliphatic rings. The quantitative estimate of drug-likeness (QED) is 0.692. The molecule has 0 unspecified atom stereocenters. The van der Waals surface area contributed by atoms with Gasteiger partial charge in [0.1, 0.15) is 6.04 Å². The molecule has 0 bridgehead atoms. The van der Waals surface area contributed by atoms with Crippen molar-refractivity contribution in [3.05, 3.63) is 0 Å². The second-order valence-electron chi connectivity index (χ2n) is 4.01. The first-order valence-electron chi connectivity index (χ1n) is 4.97. The van der Waals surface area contributed by atoms with Gasteiger partial charge in [-0.2, -0.15) is 5.26 Å². The van der Waals surface area contributed by atoms with E-state index < -0.39 is 0 Å². The minimum atomic E-state index is -0.248. The molecule has 14 heavy (non-hydrogen) atoms. The summed E-state index contributed by atoms with van der Waals surface area (Å²) < 4.78 is 0. The molecule has 0 aromatic heterocycles. The van der Waals surface area contributed by atoms with Gasteiger partial charge >= 0.3 is 0 Å². The SMILES string of the molecule is CN[C@@H]1C[C@@H](C#N)N(C(=O)C(C)C)C1. The van der Waals surface area contributed by atoms with Crippen LogP contribution in [0, 0.1) is 17.2 Å². The molecule has 0 radical (unpaired) electrons. The van der Waals surface area contributed by atoms with Crippen LogP contribution in [-0.2, 0) is 4.79 Å². The summed E-state index contributed by atoms with van der Waals surface area (Å²) in [5.74, 6) is 0.0516. The van der Waals surface area contributed by atoms with Crippen molar-refractivity contribution in [1.82, 2.24) is 10.2 Å². The molecule has 0 aromatic carbocycles. The molecule has 2 atom stereocenters. The second-order valence-corrected chi connectivity index (χ2v) is 4.01. The first kappa shape index (κ1) is 11.0. The zero-order valence-electron chi connectivity index (χ0n) is 8.95. The van der Waals surface area contributed by atoms with E-state index in [1.807, 2.05) is 20.9 Å². The number of carbonyl (C=O) groups is 1. The smallest absolute Gasteiger partial charge is 0.226 e. The fourth-order valence-corrected chi connectivity index (χ4v) is 1.74. The third kappa shape index (κ3) is 2.05. The van der Waals surface area contributed by atoms with E-state index in [1.165, 1.54) is 0 Å². The van der Waals surface area contributed by atoms with E-state index in [0.717, 1.165) is 6.42 Å². The van der Waals surface area contributed by atoms with Crippen molar-refractivity contribution in [3.63, 3.8) is 0 Å². The van der Waals surface area contributed by atoms with E-state index in [0.29, 0.717) is 6.54 Å². The lowest BCUT2D eigenvalue weighted by molar-refractivity contribution is -0.134. The molecule has 0 spiro atoms. The lowest BCUT2D eigenvalue weighted by atomic mass is 10.1. The number of likely N-dealkylation sites (tertiary alicyclic amines) is 1. The standard InChI is InChI=1S/C10H17N3O/c1-7(2)10(14)13-6-8(12-3)4-9(13)5-11/h7-9,12H,4,6H2,1-3H3/t8-,9+/m1/s1. The number of hydrogen-bond donors (Lipinski definition) is 1. The van der Waals surface area contributed by atoms with Crippen LogP contribution in [-0.4, -0.2) is 36.5 Å². The number of likely N-dealkylation sites (N-methyl/N-ethyl adjacent to an activating group) is 1. The van der Waals surface area contributed by atoms with Gasteiger partial charge in [-0.1, -0.05) is 13.8 Å². The minimum Gasteiger partial charge on any atom is -0.325 e. The van der Waals surface area contributed by atoms with Crippen LogP contribution < -0.4 is 5.32 Å². The molecule has 1 rings (SSSR count). The molecule has 1 N–H and O–H groups in total. The molecular weight excluding hydrogens is 178 g/mol. The van der Waals surface area contributed by atoms with Gasteiger partial charge < -0.3 is 10.2 Å². The number of hydrogen-bond acceptors (Lipinski definition) is 3. The van der Waals surface area contributed by atoms with Gasteiger partial charge in [-0.15, -0.1) is 0 Å². The van der Waals surface area contributed by atoms with Gasteiger partial charge in [0.25, 0.3) is 0 Å². The number of rotatable bonds is 2. The van der Waals surface area contributed by atoms with Crippen molar-refractivity contribution >= 4 is 5.91 Å². The summed E-state index contributed by atoms with van der Waals surface area (Å²) >= 11 is 0. The molecule has 4 heteroatoms. The summed E-state index contributed by atoms with van der Waals surface area (Å²) in [6.07, 6.45) is 0.742. The average molecular weight is 195 g/mol. The van der Waals surface area contributed by atoms with Crippen molar-refractivity contribution in [2.24, 2.45) is 5.92 Å². The average Bonchev–Trinajstić information content (AvgIpc) is 2.59. The second kappa shape index (κ2) is 4.43. The Bertz CT molecular complexity index is 257. The molecule has 0 aromatic rings. The largest absolute Gasteiger partial charge is 0.325 e. The number of nitrogens with one attached hydrogen (secondary N) is 1. The van der Waals surface area contributed by atoms with Crippen molar-refractivity contribution in [2.75, 3.05) is 13.6 Å². The van der Waals surface area contributed by atoms with Gasteiger partial charge in [0, 0.05) is 18.5 Å².